The first kappa shape index (κ1) is 43.1. The first-order chi connectivity index (χ1) is 26.9. The molecule has 1 heterocycles. The summed E-state index contributed by atoms with van der Waals surface area (Å²) >= 11 is 6.33. The van der Waals surface area contributed by atoms with Crippen molar-refractivity contribution in [3.8, 4) is 0 Å². The fraction of sp³-hybridized carbons (Fsp3) is 0.714. The van der Waals surface area contributed by atoms with Crippen molar-refractivity contribution in [2.24, 2.45) is 56.2 Å². The molecule has 0 saturated heterocycles. The molecule has 6 aliphatic rings. The molecular formula is C49H69ClN2O6. The molecule has 0 aromatic heterocycles. The van der Waals surface area contributed by atoms with E-state index >= 15 is 0 Å². The standard InChI is InChI=1S/C49H69ClN2O6/c1-29(2)40-34(54)27-49(37-26-33(53)42(52(37)25-24-51(10)11)30-12-14-31(50)15-13-30)23-22-47(8)32(41(40)49)16-17-36-46(7)20-19-38(58-39(55)28-44(3,4)43(56)57)45(5,6)35(46)18-21-48(36,47)9/h12-15,26,29,32,35-36,38,42H,16-25,27-28H2,1-11H3,(H,56,57)/t32-,35+,36-,38+,42?,46+,47-,48-,49+/m1/s1. The van der Waals surface area contributed by atoms with Gasteiger partial charge in [-0.05, 0) is 148 Å². The summed E-state index contributed by atoms with van der Waals surface area (Å²) in [7, 11) is 4.14. The second-order valence-electron chi connectivity index (χ2n) is 21.9. The summed E-state index contributed by atoms with van der Waals surface area (Å²) in [4.78, 5) is 58.4. The molecule has 0 radical (unpaired) electrons. The van der Waals surface area contributed by atoms with Crippen molar-refractivity contribution < 1.29 is 29.0 Å². The Kier molecular flexibility index (Phi) is 10.9. The smallest absolute Gasteiger partial charge is 0.309 e. The van der Waals surface area contributed by atoms with Gasteiger partial charge in [0.25, 0.3) is 0 Å². The lowest BCUT2D eigenvalue weighted by molar-refractivity contribution is -0.233. The van der Waals surface area contributed by atoms with Gasteiger partial charge in [-0.25, -0.2) is 0 Å². The number of Topliss-reactive ketones (excluding diaryl/α,β-unsaturated/α-hetero) is 1. The van der Waals surface area contributed by atoms with Crippen LogP contribution in [-0.4, -0.2) is 71.7 Å². The van der Waals surface area contributed by atoms with E-state index in [1.807, 2.05) is 30.3 Å². The van der Waals surface area contributed by atoms with Crippen LogP contribution in [0.2, 0.25) is 5.02 Å². The van der Waals surface area contributed by atoms with Gasteiger partial charge in [0.2, 0.25) is 0 Å². The number of hydrogen-bond acceptors (Lipinski definition) is 7. The Balaban J connectivity index is 1.23. The highest BCUT2D eigenvalue weighted by Gasteiger charge is 2.71. The number of nitrogens with zero attached hydrogens (tertiary/aromatic N) is 2. The predicted octanol–water partition coefficient (Wildman–Crippen LogP) is 10.1. The third-order valence-electron chi connectivity index (χ3n) is 17.4. The van der Waals surface area contributed by atoms with Crippen molar-refractivity contribution in [2.45, 2.75) is 139 Å². The highest BCUT2D eigenvalue weighted by Crippen LogP contribution is 2.77. The van der Waals surface area contributed by atoms with Crippen LogP contribution in [0.15, 0.2) is 47.2 Å². The van der Waals surface area contributed by atoms with Crippen molar-refractivity contribution in [3.63, 3.8) is 0 Å². The molecule has 1 unspecified atom stereocenters. The maximum Gasteiger partial charge on any atom is 0.309 e. The number of carboxylic acids is 1. The fourth-order valence-corrected chi connectivity index (χ4v) is 14.4. The van der Waals surface area contributed by atoms with Gasteiger partial charge in [0.1, 0.15) is 12.1 Å². The number of ether oxygens (including phenoxy) is 1. The monoisotopic (exact) mass is 816 g/mol. The number of fused-ring (bicyclic) bond motifs is 7. The van der Waals surface area contributed by atoms with E-state index in [0.29, 0.717) is 29.8 Å². The molecule has 9 atom stereocenters. The molecule has 1 aromatic carbocycles. The van der Waals surface area contributed by atoms with Crippen LogP contribution in [0.5, 0.6) is 0 Å². The normalized spacial score (nSPS) is 37.0. The number of carboxylic acid groups (broad SMARTS) is 1. The minimum atomic E-state index is -1.18. The van der Waals surface area contributed by atoms with Crippen LogP contribution < -0.4 is 0 Å². The molecule has 4 saturated carbocycles. The molecule has 1 aliphatic heterocycles. The second kappa shape index (κ2) is 14.6. The molecule has 9 heteroatoms. The van der Waals surface area contributed by atoms with Crippen LogP contribution >= 0.6 is 11.6 Å². The summed E-state index contributed by atoms with van der Waals surface area (Å²) in [5, 5.41) is 10.3. The van der Waals surface area contributed by atoms with Gasteiger partial charge in [0, 0.05) is 47.1 Å². The molecule has 318 valence electrons. The molecule has 0 bridgehead atoms. The van der Waals surface area contributed by atoms with Gasteiger partial charge in [-0.3, -0.25) is 19.2 Å². The lowest BCUT2D eigenvalue weighted by atomic mass is 9.33. The fourth-order valence-electron chi connectivity index (χ4n) is 14.3. The Morgan fingerprint density at radius 2 is 1.60 bits per heavy atom. The number of ketones is 2. The van der Waals surface area contributed by atoms with Gasteiger partial charge in [0.05, 0.1) is 11.8 Å². The zero-order valence-electron chi connectivity index (χ0n) is 37.1. The van der Waals surface area contributed by atoms with Crippen LogP contribution in [0.3, 0.4) is 0 Å². The van der Waals surface area contributed by atoms with Crippen LogP contribution in [0.25, 0.3) is 0 Å². The topological polar surface area (TPSA) is 104 Å². The van der Waals surface area contributed by atoms with Crippen molar-refractivity contribution in [2.75, 3.05) is 27.2 Å². The van der Waals surface area contributed by atoms with Crippen molar-refractivity contribution >= 4 is 35.1 Å². The van der Waals surface area contributed by atoms with Gasteiger partial charge in [-0.1, -0.05) is 72.2 Å². The average molecular weight is 818 g/mol. The number of esters is 1. The van der Waals surface area contributed by atoms with E-state index in [9.17, 15) is 24.3 Å². The summed E-state index contributed by atoms with van der Waals surface area (Å²) < 4.78 is 6.21. The lowest BCUT2D eigenvalue weighted by Gasteiger charge is -2.72. The quantitative estimate of drug-likeness (QED) is 0.233. The molecule has 58 heavy (non-hydrogen) atoms. The largest absolute Gasteiger partial charge is 0.481 e. The minimum Gasteiger partial charge on any atom is -0.481 e. The highest BCUT2D eigenvalue weighted by molar-refractivity contribution is 6.30. The van der Waals surface area contributed by atoms with Gasteiger partial charge in [0.15, 0.2) is 11.6 Å². The molecular weight excluding hydrogens is 748 g/mol. The maximum atomic E-state index is 14.6. The zero-order valence-corrected chi connectivity index (χ0v) is 37.9. The summed E-state index contributed by atoms with van der Waals surface area (Å²) in [6.07, 6.45) is 9.73. The number of aliphatic carboxylic acids is 1. The first-order valence-corrected chi connectivity index (χ1v) is 22.5. The van der Waals surface area contributed by atoms with Gasteiger partial charge >= 0.3 is 11.9 Å². The first-order valence-electron chi connectivity index (χ1n) is 22.1. The van der Waals surface area contributed by atoms with Gasteiger partial charge < -0.3 is 19.6 Å². The number of carbonyl (C=O) groups is 4. The molecule has 1 aromatic rings. The van der Waals surface area contributed by atoms with E-state index in [0.717, 1.165) is 74.7 Å². The van der Waals surface area contributed by atoms with E-state index in [2.05, 4.69) is 72.4 Å². The number of halogens is 1. The number of allylic oxidation sites excluding steroid dienone is 2. The molecule has 4 fully saturated rings. The lowest BCUT2D eigenvalue weighted by Crippen LogP contribution is -2.66. The molecule has 0 amide bonds. The highest BCUT2D eigenvalue weighted by atomic mass is 35.5. The van der Waals surface area contributed by atoms with E-state index in [1.54, 1.807) is 13.8 Å². The summed E-state index contributed by atoms with van der Waals surface area (Å²) in [5.74, 6) is 0.0602. The molecule has 7 rings (SSSR count). The third kappa shape index (κ3) is 6.46. The Morgan fingerprint density at radius 3 is 2.22 bits per heavy atom. The van der Waals surface area contributed by atoms with E-state index < -0.39 is 28.8 Å². The number of hydrogen-bond donors (Lipinski definition) is 1. The van der Waals surface area contributed by atoms with Crippen molar-refractivity contribution in [1.29, 1.82) is 0 Å². The van der Waals surface area contributed by atoms with Crippen LogP contribution in [0.4, 0.5) is 0 Å². The summed E-state index contributed by atoms with van der Waals surface area (Å²) in [6, 6.07) is 7.26. The minimum absolute atomic E-state index is 0.0233. The Hall–Kier alpha value is -2.97. The zero-order chi connectivity index (χ0) is 42.5. The van der Waals surface area contributed by atoms with Crippen LogP contribution in [-0.2, 0) is 23.9 Å². The van der Waals surface area contributed by atoms with Gasteiger partial charge in [-0.15, -0.1) is 0 Å². The van der Waals surface area contributed by atoms with E-state index in [1.165, 1.54) is 5.57 Å². The third-order valence-corrected chi connectivity index (χ3v) is 17.7. The number of likely N-dealkylation sites (N-methyl/N-ethyl adjacent to an activating group) is 1. The SMILES string of the molecule is CC(C)C1=C2[C@H]3CC[C@@H]4[C@@]5(C)CC[C@H](OC(=O)CC(C)(C)C(=O)O)C(C)(C)[C@@H]5CC[C@@]4(C)[C@]3(C)CC[C@@]2(C2=CC(=O)C(c3ccc(Cl)cc3)N2CCN(C)C)CC1=O. The second-order valence-corrected chi connectivity index (χ2v) is 22.3. The van der Waals surface area contributed by atoms with Crippen molar-refractivity contribution in [3.05, 3.63) is 57.8 Å². The van der Waals surface area contributed by atoms with Gasteiger partial charge in [-0.2, -0.15) is 0 Å². The van der Waals surface area contributed by atoms with Crippen LogP contribution in [0, 0.1) is 56.2 Å². The predicted molar refractivity (Wildman–Crippen MR) is 228 cm³/mol. The number of rotatable bonds is 10. The molecule has 0 spiro atoms. The Bertz CT molecular complexity index is 1930. The van der Waals surface area contributed by atoms with E-state index in [-0.39, 0.29) is 57.6 Å². The molecule has 1 N–H and O–H groups in total. The summed E-state index contributed by atoms with van der Waals surface area (Å²) in [5.41, 5.74) is 2.42. The molecule has 8 nitrogen and oxygen atoms in total. The number of carbonyl (C=O) groups excluding carboxylic acids is 3. The maximum absolute atomic E-state index is 14.6. The van der Waals surface area contributed by atoms with Crippen molar-refractivity contribution in [1.82, 2.24) is 9.80 Å². The van der Waals surface area contributed by atoms with E-state index in [4.69, 9.17) is 16.3 Å². The average Bonchev–Trinajstić information content (AvgIpc) is 3.62. The number of benzene rings is 1. The van der Waals surface area contributed by atoms with Crippen LogP contribution in [0.1, 0.15) is 138 Å². The Morgan fingerprint density at radius 1 is 0.931 bits per heavy atom. The summed E-state index contributed by atoms with van der Waals surface area (Å²) in [6.45, 7) is 21.2. The Labute approximate surface area is 352 Å². The molecule has 5 aliphatic carbocycles.